The third-order valence-corrected chi connectivity index (χ3v) is 3.85. The van der Waals surface area contributed by atoms with Crippen LogP contribution >= 0.6 is 15.9 Å². The lowest BCUT2D eigenvalue weighted by atomic mass is 10.1. The zero-order valence-corrected chi connectivity index (χ0v) is 11.9. The molecule has 1 aliphatic heterocycles. The lowest BCUT2D eigenvalue weighted by Gasteiger charge is -2.21. The number of rotatable bonds is 3. The molecule has 1 saturated heterocycles. The van der Waals surface area contributed by atoms with Crippen molar-refractivity contribution in [3.05, 3.63) is 38.3 Å². The van der Waals surface area contributed by atoms with Gasteiger partial charge in [-0.25, -0.2) is 4.79 Å². The van der Waals surface area contributed by atoms with Crippen LogP contribution in [0.5, 0.6) is 0 Å². The van der Waals surface area contributed by atoms with E-state index in [0.29, 0.717) is 19.4 Å². The minimum Gasteiger partial charge on any atom is -0.480 e. The van der Waals surface area contributed by atoms with Gasteiger partial charge < -0.3 is 10.0 Å². The van der Waals surface area contributed by atoms with Crippen molar-refractivity contribution >= 4 is 33.5 Å². The molecule has 1 unspecified atom stereocenters. The minimum absolute atomic E-state index is 0.135. The molecule has 1 amide bonds. The second-order valence-electron chi connectivity index (χ2n) is 4.42. The number of nitro benzene ring substituents is 1. The number of amides is 1. The number of non-ortho nitro benzene ring substituents is 1. The SMILES string of the molecule is O=C(O)C1CCCN1C(=O)c1ccc([N+](=O)[O-])cc1Br. The van der Waals surface area contributed by atoms with Crippen LogP contribution in [0.2, 0.25) is 0 Å². The molecule has 0 bridgehead atoms. The largest absolute Gasteiger partial charge is 0.480 e. The highest BCUT2D eigenvalue weighted by atomic mass is 79.9. The molecule has 0 aromatic heterocycles. The standard InChI is InChI=1S/C12H11BrN2O5/c13-9-6-7(15(19)20)3-4-8(9)11(16)14-5-1-2-10(14)12(17)18/h3-4,6,10H,1-2,5H2,(H,17,18). The quantitative estimate of drug-likeness (QED) is 0.669. The van der Waals surface area contributed by atoms with Gasteiger partial charge in [0.05, 0.1) is 10.5 Å². The van der Waals surface area contributed by atoms with Crippen molar-refractivity contribution in [2.24, 2.45) is 0 Å². The third kappa shape index (κ3) is 2.64. The van der Waals surface area contributed by atoms with Crippen molar-refractivity contribution in [3.63, 3.8) is 0 Å². The average Bonchev–Trinajstić information content (AvgIpc) is 2.87. The molecule has 20 heavy (non-hydrogen) atoms. The molecule has 1 fully saturated rings. The lowest BCUT2D eigenvalue weighted by molar-refractivity contribution is -0.384. The summed E-state index contributed by atoms with van der Waals surface area (Å²) < 4.78 is 0.285. The maximum atomic E-state index is 12.3. The smallest absolute Gasteiger partial charge is 0.326 e. The number of likely N-dealkylation sites (tertiary alicyclic amines) is 1. The Morgan fingerprint density at radius 2 is 2.15 bits per heavy atom. The van der Waals surface area contributed by atoms with Crippen LogP contribution in [0.3, 0.4) is 0 Å². The highest BCUT2D eigenvalue weighted by Gasteiger charge is 2.35. The molecule has 1 N–H and O–H groups in total. The van der Waals surface area contributed by atoms with Crippen LogP contribution in [0, 0.1) is 10.1 Å². The van der Waals surface area contributed by atoms with E-state index in [-0.39, 0.29) is 15.7 Å². The van der Waals surface area contributed by atoms with Gasteiger partial charge in [0.2, 0.25) is 0 Å². The Morgan fingerprint density at radius 3 is 2.70 bits per heavy atom. The molecule has 0 aliphatic carbocycles. The number of nitrogens with zero attached hydrogens (tertiary/aromatic N) is 2. The van der Waals surface area contributed by atoms with Crippen molar-refractivity contribution in [1.29, 1.82) is 0 Å². The first-order chi connectivity index (χ1) is 9.41. The number of hydrogen-bond donors (Lipinski definition) is 1. The number of carbonyl (C=O) groups excluding carboxylic acids is 1. The first kappa shape index (κ1) is 14.4. The molecular formula is C12H11BrN2O5. The first-order valence-corrected chi connectivity index (χ1v) is 6.69. The number of carboxylic acids is 1. The topological polar surface area (TPSA) is 101 Å². The number of carboxylic acid groups (broad SMARTS) is 1. The van der Waals surface area contributed by atoms with E-state index in [4.69, 9.17) is 5.11 Å². The molecule has 1 atom stereocenters. The molecule has 0 spiro atoms. The second kappa shape index (κ2) is 5.58. The average molecular weight is 343 g/mol. The Bertz CT molecular complexity index is 589. The van der Waals surface area contributed by atoms with Crippen LogP contribution in [-0.2, 0) is 4.79 Å². The monoisotopic (exact) mass is 342 g/mol. The fourth-order valence-corrected chi connectivity index (χ4v) is 2.75. The number of nitro groups is 1. The Morgan fingerprint density at radius 1 is 1.45 bits per heavy atom. The van der Waals surface area contributed by atoms with Crippen molar-refractivity contribution in [2.45, 2.75) is 18.9 Å². The zero-order chi connectivity index (χ0) is 14.9. The summed E-state index contributed by atoms with van der Waals surface area (Å²) in [6, 6.07) is 2.97. The first-order valence-electron chi connectivity index (χ1n) is 5.89. The lowest BCUT2D eigenvalue weighted by Crippen LogP contribution is -2.40. The summed E-state index contributed by atoms with van der Waals surface area (Å²) in [6.45, 7) is 0.374. The van der Waals surface area contributed by atoms with Gasteiger partial charge in [-0.15, -0.1) is 0 Å². The van der Waals surface area contributed by atoms with Gasteiger partial charge in [0.25, 0.3) is 11.6 Å². The number of halogens is 1. The molecule has 1 aromatic rings. The highest BCUT2D eigenvalue weighted by Crippen LogP contribution is 2.27. The van der Waals surface area contributed by atoms with Gasteiger partial charge in [-0.3, -0.25) is 14.9 Å². The molecule has 1 aliphatic rings. The summed E-state index contributed by atoms with van der Waals surface area (Å²) >= 11 is 3.12. The molecule has 106 valence electrons. The number of carbonyl (C=O) groups is 2. The molecule has 1 aromatic carbocycles. The normalized spacial score (nSPS) is 18.1. The van der Waals surface area contributed by atoms with Crippen molar-refractivity contribution in [1.82, 2.24) is 4.90 Å². The van der Waals surface area contributed by atoms with Crippen molar-refractivity contribution < 1.29 is 19.6 Å². The summed E-state index contributed by atoms with van der Waals surface area (Å²) in [7, 11) is 0. The second-order valence-corrected chi connectivity index (χ2v) is 5.27. The highest BCUT2D eigenvalue weighted by molar-refractivity contribution is 9.10. The summed E-state index contributed by atoms with van der Waals surface area (Å²) in [6.07, 6.45) is 1.05. The van der Waals surface area contributed by atoms with Gasteiger partial charge in [-0.1, -0.05) is 0 Å². The van der Waals surface area contributed by atoms with Gasteiger partial charge >= 0.3 is 5.97 Å². The van der Waals surface area contributed by atoms with Crippen LogP contribution in [0.15, 0.2) is 22.7 Å². The molecule has 0 saturated carbocycles. The molecule has 1 heterocycles. The van der Waals surface area contributed by atoms with Gasteiger partial charge in [-0.05, 0) is 34.8 Å². The van der Waals surface area contributed by atoms with Crippen LogP contribution < -0.4 is 0 Å². The van der Waals surface area contributed by atoms with Crippen LogP contribution in [0.4, 0.5) is 5.69 Å². The van der Waals surface area contributed by atoms with Crippen molar-refractivity contribution in [3.8, 4) is 0 Å². The predicted molar refractivity (Wildman–Crippen MR) is 72.5 cm³/mol. The summed E-state index contributed by atoms with van der Waals surface area (Å²) in [5.41, 5.74) is 0.0911. The third-order valence-electron chi connectivity index (χ3n) is 3.19. The molecule has 0 radical (unpaired) electrons. The van der Waals surface area contributed by atoms with E-state index in [0.717, 1.165) is 0 Å². The van der Waals surface area contributed by atoms with E-state index in [2.05, 4.69) is 15.9 Å². The van der Waals surface area contributed by atoms with E-state index in [1.54, 1.807) is 0 Å². The van der Waals surface area contributed by atoms with Gasteiger partial charge in [0.1, 0.15) is 6.04 Å². The van der Waals surface area contributed by atoms with Crippen LogP contribution in [0.25, 0.3) is 0 Å². The summed E-state index contributed by atoms with van der Waals surface area (Å²) in [4.78, 5) is 34.8. The van der Waals surface area contributed by atoms with E-state index < -0.39 is 22.8 Å². The van der Waals surface area contributed by atoms with Crippen LogP contribution in [0.1, 0.15) is 23.2 Å². The molecule has 2 rings (SSSR count). The van der Waals surface area contributed by atoms with E-state index >= 15 is 0 Å². The van der Waals surface area contributed by atoms with Gasteiger partial charge in [0.15, 0.2) is 0 Å². The molecular weight excluding hydrogens is 332 g/mol. The zero-order valence-electron chi connectivity index (χ0n) is 10.3. The van der Waals surface area contributed by atoms with E-state index in [1.165, 1.54) is 23.1 Å². The van der Waals surface area contributed by atoms with Crippen molar-refractivity contribution in [2.75, 3.05) is 6.54 Å². The Labute approximate surface area is 122 Å². The van der Waals surface area contributed by atoms with E-state index in [1.807, 2.05) is 0 Å². The van der Waals surface area contributed by atoms with Gasteiger partial charge in [-0.2, -0.15) is 0 Å². The predicted octanol–water partition coefficient (Wildman–Crippen LogP) is 2.05. The summed E-state index contributed by atoms with van der Waals surface area (Å²) in [5.74, 6) is -1.47. The number of benzene rings is 1. The maximum Gasteiger partial charge on any atom is 0.326 e. The maximum absolute atomic E-state index is 12.3. The van der Waals surface area contributed by atoms with Gasteiger partial charge in [0, 0.05) is 23.2 Å². The van der Waals surface area contributed by atoms with E-state index in [9.17, 15) is 19.7 Å². The minimum atomic E-state index is -1.03. The Kier molecular flexibility index (Phi) is 4.03. The fraction of sp³-hybridized carbons (Fsp3) is 0.333. The number of hydrogen-bond acceptors (Lipinski definition) is 4. The summed E-state index contributed by atoms with van der Waals surface area (Å²) in [5, 5.41) is 19.7. The Hall–Kier alpha value is -1.96. The number of aliphatic carboxylic acids is 1. The molecule has 7 nitrogen and oxygen atoms in total. The molecule has 8 heteroatoms. The van der Waals surface area contributed by atoms with Crippen LogP contribution in [-0.4, -0.2) is 39.4 Å². The fourth-order valence-electron chi connectivity index (χ4n) is 2.21. The Balaban J connectivity index is 2.29.